The summed E-state index contributed by atoms with van der Waals surface area (Å²) in [6.45, 7) is 1.86. The summed E-state index contributed by atoms with van der Waals surface area (Å²) < 4.78 is 0. The molecule has 1 amide bonds. The summed E-state index contributed by atoms with van der Waals surface area (Å²) in [7, 11) is 1.96. The summed E-state index contributed by atoms with van der Waals surface area (Å²) in [4.78, 5) is 24.0. The van der Waals surface area contributed by atoms with Crippen LogP contribution in [0.15, 0.2) is 0 Å². The standard InChI is InChI=1S/C10H18N2O4/c1-12-5-3-7(6-12)9(14)11-4-2-8(13)10(15)16/h7-8,13H,2-6H2,1H3,(H,11,14)(H,15,16)/t7?,8-/m0/s1. The van der Waals surface area contributed by atoms with Gasteiger partial charge in [0.1, 0.15) is 0 Å². The highest BCUT2D eigenvalue weighted by molar-refractivity contribution is 5.79. The molecule has 0 spiro atoms. The number of likely N-dealkylation sites (tertiary alicyclic amines) is 1. The maximum Gasteiger partial charge on any atom is 0.332 e. The van der Waals surface area contributed by atoms with E-state index in [4.69, 9.17) is 10.2 Å². The van der Waals surface area contributed by atoms with E-state index in [0.29, 0.717) is 0 Å². The maximum absolute atomic E-state index is 11.6. The summed E-state index contributed by atoms with van der Waals surface area (Å²) in [6.07, 6.45) is -0.514. The first-order valence-electron chi connectivity index (χ1n) is 5.38. The first-order chi connectivity index (χ1) is 7.50. The van der Waals surface area contributed by atoms with Crippen molar-refractivity contribution in [2.45, 2.75) is 18.9 Å². The molecule has 6 nitrogen and oxygen atoms in total. The van der Waals surface area contributed by atoms with Crippen molar-refractivity contribution in [2.24, 2.45) is 5.92 Å². The summed E-state index contributed by atoms with van der Waals surface area (Å²) in [5.41, 5.74) is 0. The topological polar surface area (TPSA) is 89.9 Å². The van der Waals surface area contributed by atoms with Crippen LogP contribution in [0.2, 0.25) is 0 Å². The molecule has 1 aliphatic rings. The number of aliphatic hydroxyl groups excluding tert-OH is 1. The third-order valence-electron chi connectivity index (χ3n) is 2.76. The van der Waals surface area contributed by atoms with Crippen molar-refractivity contribution in [3.8, 4) is 0 Å². The van der Waals surface area contributed by atoms with Gasteiger partial charge in [0.25, 0.3) is 0 Å². The van der Waals surface area contributed by atoms with E-state index in [1.807, 2.05) is 7.05 Å². The lowest BCUT2D eigenvalue weighted by Crippen LogP contribution is -2.35. The quantitative estimate of drug-likeness (QED) is 0.557. The second kappa shape index (κ2) is 5.81. The number of carboxylic acid groups (broad SMARTS) is 1. The molecule has 1 saturated heterocycles. The predicted octanol–water partition coefficient (Wildman–Crippen LogP) is -1.11. The van der Waals surface area contributed by atoms with Crippen LogP contribution in [0.4, 0.5) is 0 Å². The Morgan fingerprint density at radius 1 is 1.56 bits per heavy atom. The fourth-order valence-corrected chi connectivity index (χ4v) is 1.75. The SMILES string of the molecule is CN1CCC(C(=O)NCC[C@H](O)C(=O)O)C1. The molecule has 0 aromatic carbocycles. The Balaban J connectivity index is 2.18. The number of rotatable bonds is 5. The van der Waals surface area contributed by atoms with Crippen LogP contribution in [0.5, 0.6) is 0 Å². The van der Waals surface area contributed by atoms with Crippen molar-refractivity contribution in [1.29, 1.82) is 0 Å². The maximum atomic E-state index is 11.6. The molecule has 0 saturated carbocycles. The van der Waals surface area contributed by atoms with E-state index in [9.17, 15) is 9.59 Å². The van der Waals surface area contributed by atoms with Gasteiger partial charge < -0.3 is 20.4 Å². The lowest BCUT2D eigenvalue weighted by Gasteiger charge is -2.12. The van der Waals surface area contributed by atoms with Crippen molar-refractivity contribution in [3.63, 3.8) is 0 Å². The zero-order valence-corrected chi connectivity index (χ0v) is 9.35. The van der Waals surface area contributed by atoms with Gasteiger partial charge in [-0.25, -0.2) is 4.79 Å². The molecule has 92 valence electrons. The van der Waals surface area contributed by atoms with Gasteiger partial charge in [-0.1, -0.05) is 0 Å². The van der Waals surface area contributed by atoms with Gasteiger partial charge >= 0.3 is 5.97 Å². The van der Waals surface area contributed by atoms with E-state index in [-0.39, 0.29) is 24.8 Å². The van der Waals surface area contributed by atoms with E-state index in [1.165, 1.54) is 0 Å². The number of carbonyl (C=O) groups is 2. The van der Waals surface area contributed by atoms with Crippen LogP contribution in [0.3, 0.4) is 0 Å². The predicted molar refractivity (Wildman–Crippen MR) is 56.9 cm³/mol. The Hall–Kier alpha value is -1.14. The van der Waals surface area contributed by atoms with Crippen LogP contribution in [0.25, 0.3) is 0 Å². The van der Waals surface area contributed by atoms with Gasteiger partial charge in [-0.15, -0.1) is 0 Å². The molecule has 1 aliphatic heterocycles. The van der Waals surface area contributed by atoms with Crippen LogP contribution in [0.1, 0.15) is 12.8 Å². The molecular weight excluding hydrogens is 212 g/mol. The number of nitrogens with zero attached hydrogens (tertiary/aromatic N) is 1. The van der Waals surface area contributed by atoms with Crippen LogP contribution in [-0.2, 0) is 9.59 Å². The molecule has 6 heteroatoms. The second-order valence-electron chi connectivity index (χ2n) is 4.18. The zero-order valence-electron chi connectivity index (χ0n) is 9.35. The first kappa shape index (κ1) is 12.9. The molecule has 3 N–H and O–H groups in total. The van der Waals surface area contributed by atoms with Crippen molar-refractivity contribution < 1.29 is 19.8 Å². The number of aliphatic carboxylic acids is 1. The number of carbonyl (C=O) groups excluding carboxylic acids is 1. The Morgan fingerprint density at radius 3 is 2.75 bits per heavy atom. The van der Waals surface area contributed by atoms with Crippen LogP contribution in [-0.4, -0.2) is 59.8 Å². The van der Waals surface area contributed by atoms with Crippen molar-refractivity contribution in [3.05, 3.63) is 0 Å². The van der Waals surface area contributed by atoms with E-state index >= 15 is 0 Å². The molecule has 0 aromatic rings. The third kappa shape index (κ3) is 3.79. The molecule has 0 aliphatic carbocycles. The lowest BCUT2D eigenvalue weighted by molar-refractivity contribution is -0.147. The normalized spacial score (nSPS) is 23.0. The Kier molecular flexibility index (Phi) is 4.70. The molecule has 0 aromatic heterocycles. The number of amides is 1. The van der Waals surface area contributed by atoms with Crippen molar-refractivity contribution >= 4 is 11.9 Å². The average molecular weight is 230 g/mol. The van der Waals surface area contributed by atoms with Gasteiger partial charge in [-0.2, -0.15) is 0 Å². The summed E-state index contributed by atoms with van der Waals surface area (Å²) in [5.74, 6) is -1.32. The van der Waals surface area contributed by atoms with Crippen molar-refractivity contribution in [2.75, 3.05) is 26.7 Å². The fourth-order valence-electron chi connectivity index (χ4n) is 1.75. The van der Waals surface area contributed by atoms with E-state index in [2.05, 4.69) is 10.2 Å². The Labute approximate surface area is 94.2 Å². The summed E-state index contributed by atoms with van der Waals surface area (Å²) in [5, 5.41) is 20.1. The van der Waals surface area contributed by atoms with Gasteiger partial charge in [0.15, 0.2) is 6.10 Å². The highest BCUT2D eigenvalue weighted by Crippen LogP contribution is 2.13. The highest BCUT2D eigenvalue weighted by Gasteiger charge is 2.25. The number of carboxylic acids is 1. The number of hydrogen-bond donors (Lipinski definition) is 3. The molecular formula is C10H18N2O4. The fraction of sp³-hybridized carbons (Fsp3) is 0.800. The molecule has 2 atom stereocenters. The van der Waals surface area contributed by atoms with Crippen LogP contribution >= 0.6 is 0 Å². The molecule has 1 unspecified atom stereocenters. The van der Waals surface area contributed by atoms with Crippen molar-refractivity contribution in [1.82, 2.24) is 10.2 Å². The monoisotopic (exact) mass is 230 g/mol. The van der Waals surface area contributed by atoms with E-state index < -0.39 is 12.1 Å². The highest BCUT2D eigenvalue weighted by atomic mass is 16.4. The molecule has 16 heavy (non-hydrogen) atoms. The molecule has 1 heterocycles. The lowest BCUT2D eigenvalue weighted by atomic mass is 10.1. The number of aliphatic hydroxyl groups is 1. The molecule has 0 bridgehead atoms. The molecule has 1 rings (SSSR count). The average Bonchev–Trinajstić information content (AvgIpc) is 2.64. The van der Waals surface area contributed by atoms with E-state index in [0.717, 1.165) is 19.5 Å². The number of nitrogens with one attached hydrogen (secondary N) is 1. The zero-order chi connectivity index (χ0) is 12.1. The molecule has 0 radical (unpaired) electrons. The van der Waals surface area contributed by atoms with E-state index in [1.54, 1.807) is 0 Å². The first-order valence-corrected chi connectivity index (χ1v) is 5.38. The Morgan fingerprint density at radius 2 is 2.25 bits per heavy atom. The minimum atomic E-state index is -1.40. The minimum absolute atomic E-state index is 0.00743. The smallest absolute Gasteiger partial charge is 0.332 e. The van der Waals surface area contributed by atoms with Crippen LogP contribution < -0.4 is 5.32 Å². The van der Waals surface area contributed by atoms with Crippen LogP contribution in [0, 0.1) is 5.92 Å². The largest absolute Gasteiger partial charge is 0.479 e. The number of hydrogen-bond acceptors (Lipinski definition) is 4. The Bertz CT molecular complexity index is 270. The van der Waals surface area contributed by atoms with Gasteiger partial charge in [0, 0.05) is 19.5 Å². The van der Waals surface area contributed by atoms with Gasteiger partial charge in [0.05, 0.1) is 5.92 Å². The third-order valence-corrected chi connectivity index (χ3v) is 2.76. The van der Waals surface area contributed by atoms with Gasteiger partial charge in [-0.3, -0.25) is 4.79 Å². The van der Waals surface area contributed by atoms with Gasteiger partial charge in [-0.05, 0) is 20.0 Å². The summed E-state index contributed by atoms with van der Waals surface area (Å²) >= 11 is 0. The second-order valence-corrected chi connectivity index (χ2v) is 4.18. The molecule has 1 fully saturated rings. The summed E-state index contributed by atoms with van der Waals surface area (Å²) in [6, 6.07) is 0. The minimum Gasteiger partial charge on any atom is -0.479 e. The van der Waals surface area contributed by atoms with Gasteiger partial charge in [0.2, 0.25) is 5.91 Å².